The van der Waals surface area contributed by atoms with Crippen molar-refractivity contribution in [2.75, 3.05) is 0 Å². The Morgan fingerprint density at radius 3 is 2.06 bits per heavy atom. The van der Waals surface area contributed by atoms with E-state index in [9.17, 15) is 14.9 Å². The molecule has 9 heteroatoms. The Hall–Kier alpha value is -3.48. The van der Waals surface area contributed by atoms with Gasteiger partial charge in [-0.2, -0.15) is 0 Å². The summed E-state index contributed by atoms with van der Waals surface area (Å²) in [5, 5.41) is 13.8. The van der Waals surface area contributed by atoms with Crippen molar-refractivity contribution in [2.24, 2.45) is 0 Å². The van der Waals surface area contributed by atoms with Crippen LogP contribution in [0.5, 0.6) is 11.5 Å². The number of rotatable bonds is 10. The van der Waals surface area contributed by atoms with E-state index in [1.807, 2.05) is 48.5 Å². The molecule has 2 atom stereocenters. The maximum Gasteiger partial charge on any atom is 0.382 e. The molecular weight excluding hydrogens is 419 g/mol. The van der Waals surface area contributed by atoms with Crippen LogP contribution < -0.4 is 14.1 Å². The van der Waals surface area contributed by atoms with Crippen molar-refractivity contribution in [1.82, 2.24) is 5.09 Å². The van der Waals surface area contributed by atoms with E-state index in [-0.39, 0.29) is 12.3 Å². The van der Waals surface area contributed by atoms with E-state index in [1.165, 1.54) is 24.3 Å². The summed E-state index contributed by atoms with van der Waals surface area (Å²) in [7, 11) is -1.80. The molecule has 3 aromatic rings. The van der Waals surface area contributed by atoms with Crippen LogP contribution in [0, 0.1) is 10.1 Å². The molecule has 0 aliphatic heterocycles. The predicted octanol–water partition coefficient (Wildman–Crippen LogP) is 5.00. The van der Waals surface area contributed by atoms with Crippen LogP contribution in [0.1, 0.15) is 12.5 Å². The maximum absolute atomic E-state index is 12.4. The van der Waals surface area contributed by atoms with Crippen molar-refractivity contribution >= 4 is 20.2 Å². The number of benzene rings is 3. The summed E-state index contributed by atoms with van der Waals surface area (Å²) in [5.74, 6) is 0.457. The zero-order valence-corrected chi connectivity index (χ0v) is 17.6. The molecule has 0 aromatic heterocycles. The fourth-order valence-electron chi connectivity index (χ4n) is 2.44. The smallest absolute Gasteiger partial charge is 0.382 e. The highest BCUT2D eigenvalue weighted by molar-refractivity contribution is 7.45. The van der Waals surface area contributed by atoms with Crippen LogP contribution in [0.2, 0.25) is 0 Å². The van der Waals surface area contributed by atoms with E-state index in [2.05, 4.69) is 5.09 Å². The van der Waals surface area contributed by atoms with Gasteiger partial charge in [-0.3, -0.25) is 14.9 Å². The van der Waals surface area contributed by atoms with Gasteiger partial charge in [0.25, 0.3) is 5.69 Å². The minimum atomic E-state index is -1.80. The molecule has 0 radical (unpaired) electrons. The Bertz CT molecular complexity index is 986. The Kier molecular flexibility index (Phi) is 7.92. The van der Waals surface area contributed by atoms with Gasteiger partial charge in [0.1, 0.15) is 24.1 Å². The van der Waals surface area contributed by atoms with Crippen molar-refractivity contribution < 1.29 is 23.5 Å². The van der Waals surface area contributed by atoms with Crippen LogP contribution in [0.3, 0.4) is 0 Å². The quantitative estimate of drug-likeness (QED) is 0.205. The largest absolute Gasteiger partial charge is 0.460 e. The van der Waals surface area contributed by atoms with Gasteiger partial charge < -0.3 is 13.8 Å². The molecule has 0 aliphatic carbocycles. The first-order valence-electron chi connectivity index (χ1n) is 9.43. The summed E-state index contributed by atoms with van der Waals surface area (Å²) < 4.78 is 17.1. The Morgan fingerprint density at radius 1 is 0.935 bits per heavy atom. The van der Waals surface area contributed by atoms with Crippen LogP contribution in [0.4, 0.5) is 5.69 Å². The van der Waals surface area contributed by atoms with E-state index in [1.54, 1.807) is 19.1 Å². The first-order valence-corrected chi connectivity index (χ1v) is 10.6. The molecule has 3 rings (SSSR count). The van der Waals surface area contributed by atoms with Crippen molar-refractivity contribution in [1.29, 1.82) is 0 Å². The van der Waals surface area contributed by atoms with Gasteiger partial charge in [-0.1, -0.05) is 48.5 Å². The highest BCUT2D eigenvalue weighted by Crippen LogP contribution is 2.37. The second-order valence-electron chi connectivity index (χ2n) is 6.45. The number of carbonyl (C=O) groups is 1. The second kappa shape index (κ2) is 11.1. The number of nitro groups is 1. The maximum atomic E-state index is 12.4. The third-order valence-corrected chi connectivity index (χ3v) is 5.40. The number of nitrogens with one attached hydrogen (secondary N) is 1. The molecule has 0 saturated heterocycles. The van der Waals surface area contributed by atoms with Gasteiger partial charge in [0.15, 0.2) is 0 Å². The van der Waals surface area contributed by atoms with E-state index in [4.69, 9.17) is 13.8 Å². The topological polar surface area (TPSA) is 99.9 Å². The van der Waals surface area contributed by atoms with Crippen LogP contribution in [-0.2, 0) is 16.1 Å². The monoisotopic (exact) mass is 440 g/mol. The molecule has 0 aliphatic rings. The average Bonchev–Trinajstić information content (AvgIpc) is 2.79. The molecule has 160 valence electrons. The van der Waals surface area contributed by atoms with Gasteiger partial charge in [0.05, 0.1) is 4.92 Å². The first-order chi connectivity index (χ1) is 15.0. The van der Waals surface area contributed by atoms with E-state index >= 15 is 0 Å². The van der Waals surface area contributed by atoms with Gasteiger partial charge in [-0.15, -0.1) is 0 Å². The SMILES string of the molecule is CC(NP(Oc1ccccc1)Oc1ccc([N+](=O)[O-])cc1)C(=O)OCc1ccccc1. The summed E-state index contributed by atoms with van der Waals surface area (Å²) in [4.78, 5) is 22.8. The fraction of sp³-hybridized carbons (Fsp3) is 0.136. The van der Waals surface area contributed by atoms with Crippen molar-refractivity contribution in [3.05, 3.63) is 101 Å². The predicted molar refractivity (Wildman–Crippen MR) is 117 cm³/mol. The highest BCUT2D eigenvalue weighted by Gasteiger charge is 2.24. The molecule has 0 fully saturated rings. The lowest BCUT2D eigenvalue weighted by molar-refractivity contribution is -0.384. The van der Waals surface area contributed by atoms with Crippen LogP contribution >= 0.6 is 8.53 Å². The summed E-state index contributed by atoms with van der Waals surface area (Å²) in [6, 6.07) is 23.3. The number of hydrogen-bond donors (Lipinski definition) is 1. The molecule has 8 nitrogen and oxygen atoms in total. The van der Waals surface area contributed by atoms with E-state index in [0.29, 0.717) is 11.5 Å². The number of para-hydroxylation sites is 1. The lowest BCUT2D eigenvalue weighted by Gasteiger charge is -2.22. The summed E-state index contributed by atoms with van der Waals surface area (Å²) in [6.45, 7) is 1.81. The van der Waals surface area contributed by atoms with Gasteiger partial charge in [-0.25, -0.2) is 5.09 Å². The lowest BCUT2D eigenvalue weighted by Crippen LogP contribution is -2.34. The molecule has 0 spiro atoms. The van der Waals surface area contributed by atoms with Gasteiger partial charge in [-0.05, 0) is 36.8 Å². The van der Waals surface area contributed by atoms with Gasteiger partial charge in [0.2, 0.25) is 0 Å². The molecule has 0 bridgehead atoms. The molecule has 0 heterocycles. The molecule has 0 saturated carbocycles. The van der Waals surface area contributed by atoms with Crippen LogP contribution in [0.25, 0.3) is 0 Å². The summed E-state index contributed by atoms with van der Waals surface area (Å²) in [5.41, 5.74) is 0.833. The average molecular weight is 440 g/mol. The van der Waals surface area contributed by atoms with Crippen LogP contribution in [0.15, 0.2) is 84.9 Å². The summed E-state index contributed by atoms with van der Waals surface area (Å²) in [6.07, 6.45) is 0. The number of esters is 1. The van der Waals surface area contributed by atoms with Crippen molar-refractivity contribution in [3.8, 4) is 11.5 Å². The zero-order chi connectivity index (χ0) is 22.1. The van der Waals surface area contributed by atoms with Crippen LogP contribution in [-0.4, -0.2) is 16.9 Å². The lowest BCUT2D eigenvalue weighted by atomic mass is 10.2. The Labute approximate surface area is 180 Å². The van der Waals surface area contributed by atoms with Crippen molar-refractivity contribution in [2.45, 2.75) is 19.6 Å². The number of nitrogens with zero attached hydrogens (tertiary/aromatic N) is 1. The minimum absolute atomic E-state index is 0.0496. The molecule has 31 heavy (non-hydrogen) atoms. The second-order valence-corrected chi connectivity index (χ2v) is 7.59. The molecule has 2 unspecified atom stereocenters. The zero-order valence-electron chi connectivity index (χ0n) is 16.7. The van der Waals surface area contributed by atoms with Gasteiger partial charge >= 0.3 is 14.5 Å². The van der Waals surface area contributed by atoms with Gasteiger partial charge in [0, 0.05) is 12.1 Å². The molecule has 1 N–H and O–H groups in total. The van der Waals surface area contributed by atoms with Crippen molar-refractivity contribution in [3.63, 3.8) is 0 Å². The minimum Gasteiger partial charge on any atom is -0.460 e. The Balaban J connectivity index is 1.65. The molecular formula is C22H21N2O6P. The standard InChI is InChI=1S/C22H21N2O6P/c1-17(22(25)28-16-18-8-4-2-5-9-18)23-31(29-20-10-6-3-7-11-20)30-21-14-12-19(13-15-21)24(26)27/h2-15,17,23H,16H2,1H3. The number of ether oxygens (including phenoxy) is 1. The van der Waals surface area contributed by atoms with E-state index < -0.39 is 25.5 Å². The fourth-order valence-corrected chi connectivity index (χ4v) is 3.63. The number of non-ortho nitro benzene ring substituents is 1. The molecule has 3 aromatic carbocycles. The highest BCUT2D eigenvalue weighted by atomic mass is 31.2. The first kappa shape index (κ1) is 22.2. The molecule has 0 amide bonds. The third kappa shape index (κ3) is 7.06. The normalized spacial score (nSPS) is 12.4. The number of carbonyl (C=O) groups excluding carboxylic acids is 1. The summed E-state index contributed by atoms with van der Waals surface area (Å²) >= 11 is 0. The Morgan fingerprint density at radius 2 is 1.48 bits per heavy atom. The third-order valence-electron chi connectivity index (χ3n) is 4.04. The number of hydrogen-bond acceptors (Lipinski definition) is 7. The van der Waals surface area contributed by atoms with E-state index in [0.717, 1.165) is 5.56 Å². The number of nitro benzene ring substituents is 1.